The third-order valence-corrected chi connectivity index (χ3v) is 4.59. The Morgan fingerprint density at radius 3 is 2.27 bits per heavy atom. The minimum absolute atomic E-state index is 0.0860. The molecule has 0 bridgehead atoms. The number of carbonyl (C=O) groups excluding carboxylic acids is 2. The lowest BCUT2D eigenvalue weighted by Crippen LogP contribution is -2.44. The molecule has 6 heteroatoms. The van der Waals surface area contributed by atoms with E-state index in [2.05, 4.69) is 39.8 Å². The van der Waals surface area contributed by atoms with Crippen molar-refractivity contribution in [2.75, 3.05) is 18.4 Å². The number of rotatable bonds is 5. The summed E-state index contributed by atoms with van der Waals surface area (Å²) in [5.74, 6) is -0.0860. The van der Waals surface area contributed by atoms with Crippen molar-refractivity contribution >= 4 is 17.6 Å². The summed E-state index contributed by atoms with van der Waals surface area (Å²) in [4.78, 5) is 25.6. The van der Waals surface area contributed by atoms with E-state index in [9.17, 15) is 9.59 Å². The van der Waals surface area contributed by atoms with Gasteiger partial charge in [0.1, 0.15) is 0 Å². The van der Waals surface area contributed by atoms with Gasteiger partial charge in [-0.25, -0.2) is 4.79 Å². The normalized spacial score (nSPS) is 15.4. The fourth-order valence-corrected chi connectivity index (χ4v) is 3.19. The van der Waals surface area contributed by atoms with Gasteiger partial charge in [-0.2, -0.15) is 0 Å². The zero-order valence-corrected chi connectivity index (χ0v) is 14.7. The van der Waals surface area contributed by atoms with Crippen molar-refractivity contribution in [3.8, 4) is 0 Å². The summed E-state index contributed by atoms with van der Waals surface area (Å²) < 4.78 is 0. The van der Waals surface area contributed by atoms with Crippen LogP contribution in [0.25, 0.3) is 0 Å². The van der Waals surface area contributed by atoms with Gasteiger partial charge in [0.05, 0.1) is 0 Å². The van der Waals surface area contributed by atoms with E-state index in [4.69, 9.17) is 5.73 Å². The Balaban J connectivity index is 1.46. The first-order chi connectivity index (χ1) is 12.6. The summed E-state index contributed by atoms with van der Waals surface area (Å²) in [6.45, 7) is 2.90. The maximum Gasteiger partial charge on any atom is 0.316 e. The molecule has 2 aromatic carbocycles. The van der Waals surface area contributed by atoms with Gasteiger partial charge in [0.15, 0.2) is 0 Å². The average Bonchev–Trinajstić information content (AvgIpc) is 2.64. The second kappa shape index (κ2) is 8.49. The maximum atomic E-state index is 12.4. The van der Waals surface area contributed by atoms with Gasteiger partial charge >= 0.3 is 6.03 Å². The number of anilines is 1. The van der Waals surface area contributed by atoms with Crippen LogP contribution in [0.3, 0.4) is 0 Å². The molecule has 0 aromatic heterocycles. The third-order valence-electron chi connectivity index (χ3n) is 4.59. The van der Waals surface area contributed by atoms with Crippen LogP contribution in [0.5, 0.6) is 0 Å². The summed E-state index contributed by atoms with van der Waals surface area (Å²) in [6.07, 6.45) is 1.89. The summed E-state index contributed by atoms with van der Waals surface area (Å²) in [5.41, 5.74) is 7.54. The molecule has 0 atom stereocenters. The lowest BCUT2D eigenvalue weighted by atomic mass is 10.0. The number of hydrogen-bond donors (Lipinski definition) is 3. The quantitative estimate of drug-likeness (QED) is 0.773. The summed E-state index contributed by atoms with van der Waals surface area (Å²) >= 11 is 0. The van der Waals surface area contributed by atoms with Crippen LogP contribution in [0.15, 0.2) is 54.6 Å². The highest BCUT2D eigenvalue weighted by atomic mass is 16.2. The van der Waals surface area contributed by atoms with E-state index < -0.39 is 6.03 Å². The number of amides is 3. The van der Waals surface area contributed by atoms with Crippen molar-refractivity contribution in [1.29, 1.82) is 0 Å². The number of primary amides is 1. The molecule has 0 radical (unpaired) electrons. The van der Waals surface area contributed by atoms with Crippen molar-refractivity contribution in [3.63, 3.8) is 0 Å². The van der Waals surface area contributed by atoms with Gasteiger partial charge in [0.2, 0.25) is 0 Å². The van der Waals surface area contributed by atoms with E-state index in [0.29, 0.717) is 11.3 Å². The standard InChI is InChI=1S/C20H24N4O2/c21-20(26)23-17-8-6-16(7-9-17)19(25)22-18-10-12-24(13-11-18)14-15-4-2-1-3-5-15/h1-9,18H,10-14H2,(H,22,25)(H3,21,23,26). The van der Waals surface area contributed by atoms with E-state index in [-0.39, 0.29) is 11.9 Å². The third kappa shape index (κ3) is 5.07. The van der Waals surface area contributed by atoms with Crippen molar-refractivity contribution in [2.24, 2.45) is 5.73 Å². The molecular weight excluding hydrogens is 328 g/mol. The Hall–Kier alpha value is -2.86. The van der Waals surface area contributed by atoms with Gasteiger partial charge in [-0.05, 0) is 42.7 Å². The molecule has 3 amide bonds. The summed E-state index contributed by atoms with van der Waals surface area (Å²) in [6, 6.07) is 16.7. The SMILES string of the molecule is NC(=O)Nc1ccc(C(=O)NC2CCN(Cc3ccccc3)CC2)cc1. The molecule has 0 aliphatic carbocycles. The van der Waals surface area contributed by atoms with Crippen LogP contribution >= 0.6 is 0 Å². The Kier molecular flexibility index (Phi) is 5.86. The van der Waals surface area contributed by atoms with Crippen LogP contribution in [0.2, 0.25) is 0 Å². The predicted molar refractivity (Wildman–Crippen MR) is 102 cm³/mol. The number of carbonyl (C=O) groups is 2. The number of nitrogens with zero attached hydrogens (tertiary/aromatic N) is 1. The van der Waals surface area contributed by atoms with Gasteiger partial charge in [-0.15, -0.1) is 0 Å². The predicted octanol–water partition coefficient (Wildman–Crippen LogP) is 2.57. The zero-order valence-electron chi connectivity index (χ0n) is 14.7. The minimum Gasteiger partial charge on any atom is -0.351 e. The molecular formula is C20H24N4O2. The molecule has 1 fully saturated rings. The molecule has 3 rings (SSSR count). The number of urea groups is 1. The molecule has 0 spiro atoms. The molecule has 1 aliphatic heterocycles. The topological polar surface area (TPSA) is 87.5 Å². The Morgan fingerprint density at radius 1 is 1.00 bits per heavy atom. The number of piperidine rings is 1. The van der Waals surface area contributed by atoms with Gasteiger partial charge < -0.3 is 16.4 Å². The van der Waals surface area contributed by atoms with Gasteiger partial charge in [0, 0.05) is 36.9 Å². The number of hydrogen-bond acceptors (Lipinski definition) is 3. The molecule has 4 N–H and O–H groups in total. The molecule has 1 saturated heterocycles. The van der Waals surface area contributed by atoms with Crippen molar-refractivity contribution < 1.29 is 9.59 Å². The maximum absolute atomic E-state index is 12.4. The Bertz CT molecular complexity index is 738. The van der Waals surface area contributed by atoms with Crippen LogP contribution in [0.4, 0.5) is 10.5 Å². The van der Waals surface area contributed by atoms with E-state index in [0.717, 1.165) is 32.5 Å². The van der Waals surface area contributed by atoms with Crippen LogP contribution < -0.4 is 16.4 Å². The lowest BCUT2D eigenvalue weighted by Gasteiger charge is -2.32. The minimum atomic E-state index is -0.621. The Morgan fingerprint density at radius 2 is 1.65 bits per heavy atom. The molecule has 0 unspecified atom stereocenters. The smallest absolute Gasteiger partial charge is 0.316 e. The molecule has 0 saturated carbocycles. The summed E-state index contributed by atoms with van der Waals surface area (Å²) in [7, 11) is 0. The highest BCUT2D eigenvalue weighted by molar-refractivity contribution is 5.95. The van der Waals surface area contributed by atoms with Crippen LogP contribution in [0.1, 0.15) is 28.8 Å². The van der Waals surface area contributed by atoms with Gasteiger partial charge in [-0.1, -0.05) is 30.3 Å². The largest absolute Gasteiger partial charge is 0.351 e. The lowest BCUT2D eigenvalue weighted by molar-refractivity contribution is 0.0909. The molecule has 2 aromatic rings. The molecule has 1 heterocycles. The summed E-state index contributed by atoms with van der Waals surface area (Å²) in [5, 5.41) is 5.58. The number of likely N-dealkylation sites (tertiary alicyclic amines) is 1. The fourth-order valence-electron chi connectivity index (χ4n) is 3.19. The van der Waals surface area contributed by atoms with Gasteiger partial charge in [-0.3, -0.25) is 9.69 Å². The van der Waals surface area contributed by atoms with Crippen LogP contribution in [-0.2, 0) is 6.54 Å². The van der Waals surface area contributed by atoms with E-state index in [1.807, 2.05) is 6.07 Å². The Labute approximate surface area is 153 Å². The molecule has 6 nitrogen and oxygen atoms in total. The van der Waals surface area contributed by atoms with Gasteiger partial charge in [0.25, 0.3) is 5.91 Å². The second-order valence-corrected chi connectivity index (χ2v) is 6.58. The average molecular weight is 352 g/mol. The fraction of sp³-hybridized carbons (Fsp3) is 0.300. The molecule has 136 valence electrons. The van der Waals surface area contributed by atoms with Crippen molar-refractivity contribution in [3.05, 3.63) is 65.7 Å². The van der Waals surface area contributed by atoms with E-state index in [1.165, 1.54) is 5.56 Å². The molecule has 26 heavy (non-hydrogen) atoms. The highest BCUT2D eigenvalue weighted by Gasteiger charge is 2.21. The number of nitrogens with two attached hydrogens (primary N) is 1. The second-order valence-electron chi connectivity index (χ2n) is 6.58. The zero-order chi connectivity index (χ0) is 18.4. The first kappa shape index (κ1) is 17.9. The van der Waals surface area contributed by atoms with E-state index in [1.54, 1.807) is 24.3 Å². The van der Waals surface area contributed by atoms with Crippen LogP contribution in [-0.4, -0.2) is 36.0 Å². The first-order valence-corrected chi connectivity index (χ1v) is 8.84. The van der Waals surface area contributed by atoms with Crippen LogP contribution in [0, 0.1) is 0 Å². The number of benzene rings is 2. The number of nitrogens with one attached hydrogen (secondary N) is 2. The molecule has 1 aliphatic rings. The van der Waals surface area contributed by atoms with Crippen molar-refractivity contribution in [2.45, 2.75) is 25.4 Å². The van der Waals surface area contributed by atoms with E-state index >= 15 is 0 Å². The van der Waals surface area contributed by atoms with Crippen molar-refractivity contribution in [1.82, 2.24) is 10.2 Å². The monoisotopic (exact) mass is 352 g/mol. The highest BCUT2D eigenvalue weighted by Crippen LogP contribution is 2.15. The first-order valence-electron chi connectivity index (χ1n) is 8.84.